The van der Waals surface area contributed by atoms with Crippen molar-refractivity contribution in [3.05, 3.63) is 47.3 Å². The fourth-order valence-electron chi connectivity index (χ4n) is 1.09. The molecule has 0 saturated heterocycles. The molecule has 0 radical (unpaired) electrons. The molecule has 2 nitrogen and oxygen atoms in total. The van der Waals surface area contributed by atoms with E-state index in [2.05, 4.69) is 25.9 Å². The van der Waals surface area contributed by atoms with Crippen LogP contribution in [0.15, 0.2) is 47.3 Å². The highest BCUT2D eigenvalue weighted by atomic mass is 79.9. The van der Waals surface area contributed by atoms with Gasteiger partial charge in [0.2, 0.25) is 0 Å². The smallest absolute Gasteiger partial charge is 0.125 e. The van der Waals surface area contributed by atoms with Gasteiger partial charge in [-0.25, -0.2) is 4.98 Å². The SMILES string of the molecule is Brc1cncc(-c2ccccc2)n1. The Labute approximate surface area is 84.8 Å². The van der Waals surface area contributed by atoms with Gasteiger partial charge in [-0.1, -0.05) is 30.3 Å². The first kappa shape index (κ1) is 8.38. The summed E-state index contributed by atoms with van der Waals surface area (Å²) in [6.45, 7) is 0. The monoisotopic (exact) mass is 234 g/mol. The summed E-state index contributed by atoms with van der Waals surface area (Å²) in [4.78, 5) is 8.35. The standard InChI is InChI=1S/C10H7BrN2/c11-10-7-12-6-9(13-10)8-4-2-1-3-5-8/h1-7H. The molecule has 0 aliphatic heterocycles. The van der Waals surface area contributed by atoms with Crippen LogP contribution in [0, 0.1) is 0 Å². The average Bonchev–Trinajstić information content (AvgIpc) is 2.19. The molecule has 0 fully saturated rings. The molecule has 0 bridgehead atoms. The predicted molar refractivity (Wildman–Crippen MR) is 55.2 cm³/mol. The van der Waals surface area contributed by atoms with E-state index in [1.54, 1.807) is 12.4 Å². The van der Waals surface area contributed by atoms with E-state index in [9.17, 15) is 0 Å². The largest absolute Gasteiger partial charge is 0.260 e. The van der Waals surface area contributed by atoms with E-state index in [-0.39, 0.29) is 0 Å². The van der Waals surface area contributed by atoms with Gasteiger partial charge in [0, 0.05) is 5.56 Å². The number of nitrogens with zero attached hydrogens (tertiary/aromatic N) is 2. The van der Waals surface area contributed by atoms with Crippen LogP contribution in [-0.4, -0.2) is 9.97 Å². The molecular weight excluding hydrogens is 228 g/mol. The highest BCUT2D eigenvalue weighted by Gasteiger charge is 1.98. The molecular formula is C10H7BrN2. The molecule has 1 aromatic heterocycles. The molecule has 0 aliphatic carbocycles. The summed E-state index contributed by atoms with van der Waals surface area (Å²) in [5, 5.41) is 0. The molecule has 0 aliphatic rings. The minimum Gasteiger partial charge on any atom is -0.260 e. The first-order valence-corrected chi connectivity index (χ1v) is 4.68. The van der Waals surface area contributed by atoms with Crippen molar-refractivity contribution in [2.75, 3.05) is 0 Å². The highest BCUT2D eigenvalue weighted by Crippen LogP contribution is 2.16. The third-order valence-corrected chi connectivity index (χ3v) is 2.06. The Hall–Kier alpha value is -1.22. The normalized spacial score (nSPS) is 9.92. The lowest BCUT2D eigenvalue weighted by Crippen LogP contribution is -1.85. The van der Waals surface area contributed by atoms with E-state index in [0.29, 0.717) is 0 Å². The number of hydrogen-bond donors (Lipinski definition) is 0. The van der Waals surface area contributed by atoms with Gasteiger partial charge in [0.05, 0.1) is 18.1 Å². The maximum Gasteiger partial charge on any atom is 0.125 e. The number of hydrogen-bond acceptors (Lipinski definition) is 2. The maximum atomic E-state index is 4.30. The molecule has 0 N–H and O–H groups in total. The molecule has 64 valence electrons. The van der Waals surface area contributed by atoms with Crippen molar-refractivity contribution in [2.45, 2.75) is 0 Å². The summed E-state index contributed by atoms with van der Waals surface area (Å²) in [5.74, 6) is 0. The molecule has 0 saturated carbocycles. The van der Waals surface area contributed by atoms with Gasteiger partial charge in [-0.15, -0.1) is 0 Å². The number of rotatable bonds is 1. The summed E-state index contributed by atoms with van der Waals surface area (Å²) in [5.41, 5.74) is 1.96. The van der Waals surface area contributed by atoms with Crippen LogP contribution in [0.3, 0.4) is 0 Å². The van der Waals surface area contributed by atoms with Crippen molar-refractivity contribution >= 4 is 15.9 Å². The fourth-order valence-corrected chi connectivity index (χ4v) is 1.40. The quantitative estimate of drug-likeness (QED) is 0.759. The van der Waals surface area contributed by atoms with E-state index in [4.69, 9.17) is 0 Å². The average molecular weight is 235 g/mol. The second kappa shape index (κ2) is 3.66. The lowest BCUT2D eigenvalue weighted by molar-refractivity contribution is 1.17. The first-order chi connectivity index (χ1) is 6.36. The molecule has 13 heavy (non-hydrogen) atoms. The molecule has 0 unspecified atom stereocenters. The van der Waals surface area contributed by atoms with Crippen LogP contribution in [0.4, 0.5) is 0 Å². The van der Waals surface area contributed by atoms with Gasteiger partial charge in [-0.2, -0.15) is 0 Å². The molecule has 0 amide bonds. The van der Waals surface area contributed by atoms with Gasteiger partial charge in [-0.3, -0.25) is 4.98 Å². The van der Waals surface area contributed by atoms with Crippen molar-refractivity contribution in [3.63, 3.8) is 0 Å². The van der Waals surface area contributed by atoms with Crippen molar-refractivity contribution in [1.29, 1.82) is 0 Å². The lowest BCUT2D eigenvalue weighted by atomic mass is 10.2. The van der Waals surface area contributed by atoms with E-state index in [1.807, 2.05) is 30.3 Å². The predicted octanol–water partition coefficient (Wildman–Crippen LogP) is 2.91. The summed E-state index contributed by atoms with van der Waals surface area (Å²) < 4.78 is 0.758. The zero-order valence-corrected chi connectivity index (χ0v) is 8.40. The van der Waals surface area contributed by atoms with E-state index < -0.39 is 0 Å². The Morgan fingerprint density at radius 3 is 2.46 bits per heavy atom. The molecule has 2 aromatic rings. The molecule has 2 rings (SSSR count). The summed E-state index contributed by atoms with van der Waals surface area (Å²) in [7, 11) is 0. The topological polar surface area (TPSA) is 25.8 Å². The van der Waals surface area contributed by atoms with Gasteiger partial charge < -0.3 is 0 Å². The zero-order chi connectivity index (χ0) is 9.10. The summed E-state index contributed by atoms with van der Waals surface area (Å²) >= 11 is 3.29. The number of aromatic nitrogens is 2. The molecule has 0 atom stereocenters. The van der Waals surface area contributed by atoms with Crippen LogP contribution < -0.4 is 0 Å². The van der Waals surface area contributed by atoms with Gasteiger partial charge in [0.25, 0.3) is 0 Å². The Kier molecular flexibility index (Phi) is 2.36. The Morgan fingerprint density at radius 2 is 1.77 bits per heavy atom. The van der Waals surface area contributed by atoms with Crippen LogP contribution in [0.5, 0.6) is 0 Å². The first-order valence-electron chi connectivity index (χ1n) is 3.89. The third kappa shape index (κ3) is 1.92. The molecule has 1 heterocycles. The minimum absolute atomic E-state index is 0.758. The van der Waals surface area contributed by atoms with E-state index in [0.717, 1.165) is 15.9 Å². The Morgan fingerprint density at radius 1 is 1.00 bits per heavy atom. The minimum atomic E-state index is 0.758. The highest BCUT2D eigenvalue weighted by molar-refractivity contribution is 9.10. The second-order valence-corrected chi connectivity index (χ2v) is 3.41. The van der Waals surface area contributed by atoms with E-state index in [1.165, 1.54) is 0 Å². The van der Waals surface area contributed by atoms with Crippen LogP contribution in [0.1, 0.15) is 0 Å². The van der Waals surface area contributed by atoms with Gasteiger partial charge >= 0.3 is 0 Å². The lowest BCUT2D eigenvalue weighted by Gasteiger charge is -1.98. The maximum absolute atomic E-state index is 4.30. The third-order valence-electron chi connectivity index (χ3n) is 1.67. The van der Waals surface area contributed by atoms with E-state index >= 15 is 0 Å². The Balaban J connectivity index is 2.48. The zero-order valence-electron chi connectivity index (χ0n) is 6.81. The van der Waals surface area contributed by atoms with Gasteiger partial charge in [0.1, 0.15) is 4.60 Å². The van der Waals surface area contributed by atoms with Crippen LogP contribution in [-0.2, 0) is 0 Å². The number of halogens is 1. The summed E-state index contributed by atoms with van der Waals surface area (Å²) in [6.07, 6.45) is 3.42. The van der Waals surface area contributed by atoms with Crippen molar-refractivity contribution < 1.29 is 0 Å². The van der Waals surface area contributed by atoms with Gasteiger partial charge in [-0.05, 0) is 15.9 Å². The molecule has 1 aromatic carbocycles. The van der Waals surface area contributed by atoms with Crippen molar-refractivity contribution in [3.8, 4) is 11.3 Å². The van der Waals surface area contributed by atoms with Crippen molar-refractivity contribution in [2.24, 2.45) is 0 Å². The van der Waals surface area contributed by atoms with Crippen LogP contribution in [0.25, 0.3) is 11.3 Å². The van der Waals surface area contributed by atoms with Gasteiger partial charge in [0.15, 0.2) is 0 Å². The Bertz CT molecular complexity index is 401. The fraction of sp³-hybridized carbons (Fsp3) is 0. The van der Waals surface area contributed by atoms with Crippen molar-refractivity contribution in [1.82, 2.24) is 9.97 Å². The van der Waals surface area contributed by atoms with Crippen LogP contribution in [0.2, 0.25) is 0 Å². The molecule has 3 heteroatoms. The van der Waals surface area contributed by atoms with Crippen LogP contribution >= 0.6 is 15.9 Å². The second-order valence-electron chi connectivity index (χ2n) is 2.59. The molecule has 0 spiro atoms. The number of benzene rings is 1. The summed E-state index contributed by atoms with van der Waals surface area (Å²) in [6, 6.07) is 9.97.